The van der Waals surface area contributed by atoms with Crippen molar-refractivity contribution in [1.29, 1.82) is 0 Å². The Kier molecular flexibility index (Phi) is 6.19. The standard InChI is InChI=1S/C14H17NO6/c1-2-11(14(19)20)15(8-7-13(17)18)12(16)6-5-10-4-3-9-21-10/h3-6,9,11H,2,7-8H2,1H3,(H,17,18)(H,19,20)/b6-5+. The van der Waals surface area contributed by atoms with E-state index in [0.717, 1.165) is 4.90 Å². The van der Waals surface area contributed by atoms with Crippen molar-refractivity contribution < 1.29 is 29.0 Å². The van der Waals surface area contributed by atoms with Crippen molar-refractivity contribution in [2.45, 2.75) is 25.8 Å². The van der Waals surface area contributed by atoms with Crippen LogP contribution in [0, 0.1) is 0 Å². The molecule has 1 heterocycles. The zero-order valence-corrected chi connectivity index (χ0v) is 11.6. The van der Waals surface area contributed by atoms with E-state index in [9.17, 15) is 14.4 Å². The van der Waals surface area contributed by atoms with Crippen LogP contribution in [0.3, 0.4) is 0 Å². The van der Waals surface area contributed by atoms with Crippen LogP contribution in [0.2, 0.25) is 0 Å². The van der Waals surface area contributed by atoms with Crippen molar-refractivity contribution in [3.63, 3.8) is 0 Å². The van der Waals surface area contributed by atoms with Crippen LogP contribution in [0.25, 0.3) is 6.08 Å². The predicted octanol–water partition coefficient (Wildman–Crippen LogP) is 1.46. The van der Waals surface area contributed by atoms with Crippen molar-refractivity contribution in [2.75, 3.05) is 6.54 Å². The van der Waals surface area contributed by atoms with E-state index in [2.05, 4.69) is 0 Å². The minimum absolute atomic E-state index is 0.165. The number of nitrogens with zero attached hydrogens (tertiary/aromatic N) is 1. The molecule has 1 aromatic heterocycles. The first-order valence-electron chi connectivity index (χ1n) is 6.42. The molecule has 7 heteroatoms. The Morgan fingerprint density at radius 3 is 2.57 bits per heavy atom. The smallest absolute Gasteiger partial charge is 0.326 e. The summed E-state index contributed by atoms with van der Waals surface area (Å²) < 4.78 is 5.03. The van der Waals surface area contributed by atoms with Crippen molar-refractivity contribution in [3.8, 4) is 0 Å². The van der Waals surface area contributed by atoms with Crippen LogP contribution in [0.4, 0.5) is 0 Å². The van der Waals surface area contributed by atoms with Crippen molar-refractivity contribution in [2.24, 2.45) is 0 Å². The van der Waals surface area contributed by atoms with E-state index in [1.807, 2.05) is 0 Å². The summed E-state index contributed by atoms with van der Waals surface area (Å²) in [5.74, 6) is -2.38. The molecule has 1 amide bonds. The summed E-state index contributed by atoms with van der Waals surface area (Å²) >= 11 is 0. The first-order chi connectivity index (χ1) is 9.95. The Morgan fingerprint density at radius 2 is 2.10 bits per heavy atom. The second-order valence-corrected chi connectivity index (χ2v) is 4.29. The lowest BCUT2D eigenvalue weighted by Gasteiger charge is -2.26. The van der Waals surface area contributed by atoms with E-state index in [0.29, 0.717) is 5.76 Å². The Balaban J connectivity index is 2.85. The molecule has 2 N–H and O–H groups in total. The number of furan rings is 1. The molecule has 0 radical (unpaired) electrons. The quantitative estimate of drug-likeness (QED) is 0.703. The third kappa shape index (κ3) is 5.13. The summed E-state index contributed by atoms with van der Waals surface area (Å²) in [6.07, 6.45) is 3.90. The number of amides is 1. The van der Waals surface area contributed by atoms with Gasteiger partial charge in [-0.2, -0.15) is 0 Å². The zero-order valence-electron chi connectivity index (χ0n) is 11.6. The van der Waals surface area contributed by atoms with Gasteiger partial charge < -0.3 is 19.5 Å². The van der Waals surface area contributed by atoms with Gasteiger partial charge in [0.2, 0.25) is 5.91 Å². The van der Waals surface area contributed by atoms with E-state index >= 15 is 0 Å². The van der Waals surface area contributed by atoms with Crippen molar-refractivity contribution in [3.05, 3.63) is 30.2 Å². The highest BCUT2D eigenvalue weighted by atomic mass is 16.4. The maximum Gasteiger partial charge on any atom is 0.326 e. The topological polar surface area (TPSA) is 108 Å². The van der Waals surface area contributed by atoms with Gasteiger partial charge in [0.05, 0.1) is 12.7 Å². The molecule has 1 aromatic rings. The fourth-order valence-electron chi connectivity index (χ4n) is 1.80. The number of hydrogen-bond donors (Lipinski definition) is 2. The highest BCUT2D eigenvalue weighted by Crippen LogP contribution is 2.09. The van der Waals surface area contributed by atoms with Gasteiger partial charge in [0.15, 0.2) is 0 Å². The third-order valence-electron chi connectivity index (χ3n) is 2.83. The van der Waals surface area contributed by atoms with Gasteiger partial charge >= 0.3 is 11.9 Å². The van der Waals surface area contributed by atoms with Gasteiger partial charge in [-0.05, 0) is 24.6 Å². The highest BCUT2D eigenvalue weighted by Gasteiger charge is 2.27. The predicted molar refractivity (Wildman–Crippen MR) is 73.4 cm³/mol. The van der Waals surface area contributed by atoms with Gasteiger partial charge in [-0.15, -0.1) is 0 Å². The lowest BCUT2D eigenvalue weighted by Crippen LogP contribution is -2.45. The normalized spacial score (nSPS) is 12.2. The number of carboxylic acids is 2. The Morgan fingerprint density at radius 1 is 1.38 bits per heavy atom. The molecular formula is C14H17NO6. The average Bonchev–Trinajstić information content (AvgIpc) is 2.93. The van der Waals surface area contributed by atoms with Crippen LogP contribution in [0.15, 0.2) is 28.9 Å². The minimum atomic E-state index is -1.16. The Labute approximate surface area is 121 Å². The van der Waals surface area contributed by atoms with E-state index in [1.165, 1.54) is 18.4 Å². The molecule has 114 valence electrons. The molecule has 0 saturated heterocycles. The first kappa shape index (κ1) is 16.5. The largest absolute Gasteiger partial charge is 0.481 e. The number of hydrogen-bond acceptors (Lipinski definition) is 4. The third-order valence-corrected chi connectivity index (χ3v) is 2.83. The van der Waals surface area contributed by atoms with Crippen LogP contribution in [-0.4, -0.2) is 45.5 Å². The average molecular weight is 295 g/mol. The van der Waals surface area contributed by atoms with Crippen LogP contribution in [0.5, 0.6) is 0 Å². The fraction of sp³-hybridized carbons (Fsp3) is 0.357. The van der Waals surface area contributed by atoms with Gasteiger partial charge in [-0.25, -0.2) is 4.79 Å². The molecule has 1 rings (SSSR count). The monoisotopic (exact) mass is 295 g/mol. The molecule has 21 heavy (non-hydrogen) atoms. The van der Waals surface area contributed by atoms with Crippen LogP contribution in [-0.2, 0) is 14.4 Å². The van der Waals surface area contributed by atoms with Gasteiger partial charge in [-0.1, -0.05) is 6.92 Å². The first-order valence-corrected chi connectivity index (χ1v) is 6.42. The Bertz CT molecular complexity index is 520. The number of rotatable bonds is 8. The van der Waals surface area contributed by atoms with Gasteiger partial charge in [0.25, 0.3) is 0 Å². The molecule has 0 fully saturated rings. The highest BCUT2D eigenvalue weighted by molar-refractivity contribution is 5.94. The van der Waals surface area contributed by atoms with Crippen LogP contribution in [0.1, 0.15) is 25.5 Å². The van der Waals surface area contributed by atoms with Gasteiger partial charge in [-0.3, -0.25) is 9.59 Å². The van der Waals surface area contributed by atoms with Gasteiger partial charge in [0.1, 0.15) is 11.8 Å². The molecule has 0 bridgehead atoms. The molecule has 0 aromatic carbocycles. The lowest BCUT2D eigenvalue weighted by molar-refractivity contribution is -0.150. The van der Waals surface area contributed by atoms with E-state index in [4.69, 9.17) is 14.6 Å². The maximum atomic E-state index is 12.1. The number of aliphatic carboxylic acids is 2. The summed E-state index contributed by atoms with van der Waals surface area (Å²) in [5, 5.41) is 17.8. The van der Waals surface area contributed by atoms with Crippen molar-refractivity contribution in [1.82, 2.24) is 4.90 Å². The van der Waals surface area contributed by atoms with E-state index in [1.54, 1.807) is 19.1 Å². The summed E-state index contributed by atoms with van der Waals surface area (Å²) in [4.78, 5) is 34.9. The van der Waals surface area contributed by atoms with Gasteiger partial charge in [0, 0.05) is 12.6 Å². The Hall–Kier alpha value is -2.57. The molecule has 0 aliphatic rings. The number of carbonyl (C=O) groups is 3. The van der Waals surface area contributed by atoms with E-state index < -0.39 is 23.9 Å². The van der Waals surface area contributed by atoms with Crippen LogP contribution < -0.4 is 0 Å². The number of carboxylic acid groups (broad SMARTS) is 2. The zero-order chi connectivity index (χ0) is 15.8. The summed E-state index contributed by atoms with van der Waals surface area (Å²) in [6, 6.07) is 2.23. The molecule has 1 unspecified atom stereocenters. The van der Waals surface area contributed by atoms with Crippen molar-refractivity contribution >= 4 is 23.9 Å². The molecule has 0 saturated carbocycles. The summed E-state index contributed by atoms with van der Waals surface area (Å²) in [6.45, 7) is 1.46. The number of carbonyl (C=O) groups excluding carboxylic acids is 1. The maximum absolute atomic E-state index is 12.1. The lowest BCUT2D eigenvalue weighted by atomic mass is 10.1. The molecular weight excluding hydrogens is 278 g/mol. The summed E-state index contributed by atoms with van der Waals surface area (Å²) in [7, 11) is 0. The second kappa shape index (κ2) is 7.88. The minimum Gasteiger partial charge on any atom is -0.481 e. The SMILES string of the molecule is CCC(C(=O)O)N(CCC(=O)O)C(=O)/C=C/c1ccco1. The second-order valence-electron chi connectivity index (χ2n) is 4.29. The molecule has 0 aliphatic heterocycles. The fourth-order valence-corrected chi connectivity index (χ4v) is 1.80. The molecule has 7 nitrogen and oxygen atoms in total. The van der Waals surface area contributed by atoms with E-state index in [-0.39, 0.29) is 19.4 Å². The molecule has 0 aliphatic carbocycles. The van der Waals surface area contributed by atoms with Crippen LogP contribution >= 0.6 is 0 Å². The summed E-state index contributed by atoms with van der Waals surface area (Å²) in [5.41, 5.74) is 0. The molecule has 0 spiro atoms. The molecule has 1 atom stereocenters.